The van der Waals surface area contributed by atoms with Gasteiger partial charge >= 0.3 is 32.4 Å². The van der Waals surface area contributed by atoms with Crippen LogP contribution in [0.1, 0.15) is 0 Å². The van der Waals surface area contributed by atoms with E-state index in [0.717, 1.165) is 38.5 Å². The second-order valence-electron chi connectivity index (χ2n) is 3.96. The van der Waals surface area contributed by atoms with Crippen molar-refractivity contribution in [3.63, 3.8) is 0 Å². The van der Waals surface area contributed by atoms with Crippen molar-refractivity contribution >= 4 is 32.4 Å². The SMILES string of the molecule is COC(=O)C=CC(=O)O[Si](C)(C)OC(=O)C=CC(=O)OC. The van der Waals surface area contributed by atoms with Crippen LogP contribution in [0.3, 0.4) is 0 Å². The molecule has 0 aliphatic rings. The van der Waals surface area contributed by atoms with E-state index in [1.165, 1.54) is 13.1 Å². The van der Waals surface area contributed by atoms with Gasteiger partial charge in [0, 0.05) is 37.4 Å². The summed E-state index contributed by atoms with van der Waals surface area (Å²) in [7, 11) is -0.782. The summed E-state index contributed by atoms with van der Waals surface area (Å²) in [4.78, 5) is 44.4. The predicted octanol–water partition coefficient (Wildman–Crippen LogP) is 0.233. The molecule has 0 radical (unpaired) electrons. The standard InChI is InChI=1S/C12H16O8Si/c1-17-9(13)5-7-11(15)19-21(3,4)20-12(16)8-6-10(14)18-2/h5-8H,1-4H3. The van der Waals surface area contributed by atoms with Gasteiger partial charge in [0.1, 0.15) is 0 Å². The van der Waals surface area contributed by atoms with Gasteiger partial charge in [-0.2, -0.15) is 0 Å². The summed E-state index contributed by atoms with van der Waals surface area (Å²) < 4.78 is 18.5. The summed E-state index contributed by atoms with van der Waals surface area (Å²) >= 11 is 0. The van der Waals surface area contributed by atoms with Crippen molar-refractivity contribution < 1.29 is 37.5 Å². The lowest BCUT2D eigenvalue weighted by molar-refractivity contribution is -0.138. The largest absolute Gasteiger partial charge is 0.482 e. The highest BCUT2D eigenvalue weighted by atomic mass is 28.4. The van der Waals surface area contributed by atoms with Gasteiger partial charge in [0.15, 0.2) is 0 Å². The van der Waals surface area contributed by atoms with Crippen LogP contribution < -0.4 is 0 Å². The van der Waals surface area contributed by atoms with E-state index in [9.17, 15) is 19.2 Å². The van der Waals surface area contributed by atoms with Gasteiger partial charge in [-0.3, -0.25) is 0 Å². The fourth-order valence-corrected chi connectivity index (χ4v) is 2.13. The summed E-state index contributed by atoms with van der Waals surface area (Å²) in [5.74, 6) is -3.13. The fourth-order valence-electron chi connectivity index (χ4n) is 0.982. The van der Waals surface area contributed by atoms with Crippen LogP contribution in [0.15, 0.2) is 24.3 Å². The number of esters is 2. The van der Waals surface area contributed by atoms with Gasteiger partial charge in [0.25, 0.3) is 0 Å². The molecule has 0 fully saturated rings. The van der Waals surface area contributed by atoms with Crippen LogP contribution in [0.25, 0.3) is 0 Å². The average molecular weight is 316 g/mol. The van der Waals surface area contributed by atoms with Gasteiger partial charge in [0.05, 0.1) is 14.2 Å². The first-order chi connectivity index (χ1) is 9.70. The minimum atomic E-state index is -3.10. The third kappa shape index (κ3) is 9.16. The van der Waals surface area contributed by atoms with Crippen LogP contribution in [-0.2, 0) is 37.5 Å². The van der Waals surface area contributed by atoms with Crippen molar-refractivity contribution in [3.8, 4) is 0 Å². The Balaban J connectivity index is 4.49. The lowest BCUT2D eigenvalue weighted by Gasteiger charge is -2.20. The van der Waals surface area contributed by atoms with Crippen LogP contribution in [-0.4, -0.2) is 46.7 Å². The molecule has 0 saturated heterocycles. The second kappa shape index (κ2) is 8.69. The maximum absolute atomic E-state index is 11.4. The molecular weight excluding hydrogens is 300 g/mol. The molecule has 0 aromatic carbocycles. The molecule has 0 rings (SSSR count). The van der Waals surface area contributed by atoms with Crippen molar-refractivity contribution in [3.05, 3.63) is 24.3 Å². The molecule has 9 heteroatoms. The van der Waals surface area contributed by atoms with E-state index in [-0.39, 0.29) is 0 Å². The number of carbonyl (C=O) groups excluding carboxylic acids is 4. The highest BCUT2D eigenvalue weighted by Crippen LogP contribution is 2.08. The Labute approximate surface area is 122 Å². The van der Waals surface area contributed by atoms with E-state index in [1.54, 1.807) is 0 Å². The molecule has 116 valence electrons. The first-order valence-electron chi connectivity index (χ1n) is 5.68. The number of carbonyl (C=O) groups is 4. The number of ether oxygens (including phenoxy) is 2. The predicted molar refractivity (Wildman–Crippen MR) is 72.0 cm³/mol. The summed E-state index contributed by atoms with van der Waals surface area (Å²) in [6.45, 7) is 2.89. The lowest BCUT2D eigenvalue weighted by atomic mass is 10.5. The van der Waals surface area contributed by atoms with Crippen molar-refractivity contribution in [2.45, 2.75) is 13.1 Å². The Morgan fingerprint density at radius 3 is 1.24 bits per heavy atom. The molecule has 8 nitrogen and oxygen atoms in total. The lowest BCUT2D eigenvalue weighted by Crippen LogP contribution is -2.38. The zero-order valence-corrected chi connectivity index (χ0v) is 13.1. The van der Waals surface area contributed by atoms with Crippen molar-refractivity contribution in [2.75, 3.05) is 14.2 Å². The maximum atomic E-state index is 11.4. The number of rotatable bonds is 6. The third-order valence-corrected chi connectivity index (χ3v) is 3.19. The van der Waals surface area contributed by atoms with Gasteiger partial charge in [-0.1, -0.05) is 0 Å². The molecular formula is C12H16O8Si. The maximum Gasteiger partial charge on any atom is 0.458 e. The molecule has 0 aliphatic carbocycles. The first kappa shape index (κ1) is 18.6. The number of hydrogen-bond donors (Lipinski definition) is 0. The summed E-state index contributed by atoms with van der Waals surface area (Å²) in [6.07, 6.45) is 3.48. The molecule has 0 atom stereocenters. The Morgan fingerprint density at radius 2 is 0.952 bits per heavy atom. The van der Waals surface area contributed by atoms with E-state index in [2.05, 4.69) is 9.47 Å². The molecule has 0 aliphatic heterocycles. The minimum absolute atomic E-state index is 0.718. The zero-order valence-electron chi connectivity index (χ0n) is 12.1. The fraction of sp³-hybridized carbons (Fsp3) is 0.333. The Morgan fingerprint density at radius 1 is 0.667 bits per heavy atom. The average Bonchev–Trinajstić information content (AvgIpc) is 2.40. The molecule has 21 heavy (non-hydrogen) atoms. The molecule has 0 aromatic rings. The van der Waals surface area contributed by atoms with Gasteiger partial charge in [-0.25, -0.2) is 19.2 Å². The Hall–Kier alpha value is -2.42. The van der Waals surface area contributed by atoms with E-state index < -0.39 is 32.4 Å². The quantitative estimate of drug-likeness (QED) is 0.389. The molecule has 0 saturated carbocycles. The van der Waals surface area contributed by atoms with Crippen LogP contribution in [0.4, 0.5) is 0 Å². The van der Waals surface area contributed by atoms with E-state index in [1.807, 2.05) is 0 Å². The second-order valence-corrected chi connectivity index (χ2v) is 7.16. The molecule has 0 amide bonds. The number of methoxy groups -OCH3 is 2. The molecule has 0 spiro atoms. The molecule has 0 N–H and O–H groups in total. The van der Waals surface area contributed by atoms with Gasteiger partial charge in [0.2, 0.25) is 0 Å². The minimum Gasteiger partial charge on any atom is -0.482 e. The molecule has 0 aromatic heterocycles. The zero-order chi connectivity index (χ0) is 16.5. The summed E-state index contributed by atoms with van der Waals surface area (Å²) in [6, 6.07) is 0. The summed E-state index contributed by atoms with van der Waals surface area (Å²) in [5, 5.41) is 0. The summed E-state index contributed by atoms with van der Waals surface area (Å²) in [5.41, 5.74) is 0. The van der Waals surface area contributed by atoms with Gasteiger partial charge in [-0.15, -0.1) is 0 Å². The first-order valence-corrected chi connectivity index (χ1v) is 8.50. The van der Waals surface area contributed by atoms with Crippen molar-refractivity contribution in [1.29, 1.82) is 0 Å². The smallest absolute Gasteiger partial charge is 0.458 e. The third-order valence-electron chi connectivity index (χ3n) is 1.81. The van der Waals surface area contributed by atoms with Gasteiger partial charge < -0.3 is 18.3 Å². The topological polar surface area (TPSA) is 105 Å². The van der Waals surface area contributed by atoms with Crippen LogP contribution in [0, 0.1) is 0 Å². The monoisotopic (exact) mass is 316 g/mol. The molecule has 0 heterocycles. The van der Waals surface area contributed by atoms with Crippen LogP contribution in [0.5, 0.6) is 0 Å². The van der Waals surface area contributed by atoms with Crippen molar-refractivity contribution in [2.24, 2.45) is 0 Å². The van der Waals surface area contributed by atoms with E-state index in [4.69, 9.17) is 8.85 Å². The highest BCUT2D eigenvalue weighted by molar-refractivity contribution is 6.68. The van der Waals surface area contributed by atoms with Crippen LogP contribution in [0.2, 0.25) is 13.1 Å². The number of hydrogen-bond acceptors (Lipinski definition) is 8. The highest BCUT2D eigenvalue weighted by Gasteiger charge is 2.32. The van der Waals surface area contributed by atoms with Gasteiger partial charge in [-0.05, 0) is 0 Å². The van der Waals surface area contributed by atoms with Crippen LogP contribution >= 0.6 is 0 Å². The van der Waals surface area contributed by atoms with E-state index in [0.29, 0.717) is 0 Å². The Kier molecular flexibility index (Phi) is 7.69. The molecule has 0 unspecified atom stereocenters. The Bertz CT molecular complexity index is 436. The van der Waals surface area contributed by atoms with E-state index >= 15 is 0 Å². The molecule has 0 bridgehead atoms. The van der Waals surface area contributed by atoms with Crippen molar-refractivity contribution in [1.82, 2.24) is 0 Å². The normalized spacial score (nSPS) is 11.2.